The van der Waals surface area contributed by atoms with E-state index in [2.05, 4.69) is 0 Å². The number of aromatic carboxylic acids is 1. The first-order valence-corrected chi connectivity index (χ1v) is 8.47. The van der Waals surface area contributed by atoms with Crippen molar-refractivity contribution in [3.8, 4) is 0 Å². The molecular formula is C18H19F3N2O5. The maximum Gasteiger partial charge on any atom is 0.490 e. The van der Waals surface area contributed by atoms with Gasteiger partial charge in [-0.15, -0.1) is 0 Å². The second-order valence-corrected chi connectivity index (χ2v) is 6.36. The van der Waals surface area contributed by atoms with E-state index >= 15 is 0 Å². The number of aliphatic carboxylic acids is 1. The number of nitrogens with two attached hydrogens (primary N) is 1. The van der Waals surface area contributed by atoms with Gasteiger partial charge in [-0.3, -0.25) is 4.79 Å². The zero-order valence-electron chi connectivity index (χ0n) is 14.7. The molecule has 1 heterocycles. The zero-order valence-corrected chi connectivity index (χ0v) is 14.7. The number of pyridine rings is 1. The Bertz CT molecular complexity index is 949. The van der Waals surface area contributed by atoms with Crippen LogP contribution in [0.4, 0.5) is 13.2 Å². The average molecular weight is 400 g/mol. The molecule has 0 amide bonds. The molecule has 28 heavy (non-hydrogen) atoms. The number of nitrogens with zero attached hydrogens (tertiary/aromatic N) is 1. The molecule has 0 saturated heterocycles. The molecule has 4 N–H and O–H groups in total. The average Bonchev–Trinajstić information content (AvgIpc) is 3.45. The van der Waals surface area contributed by atoms with Crippen molar-refractivity contribution in [2.75, 3.05) is 6.54 Å². The van der Waals surface area contributed by atoms with E-state index in [1.54, 1.807) is 0 Å². The van der Waals surface area contributed by atoms with Crippen molar-refractivity contribution in [2.45, 2.75) is 37.9 Å². The molecule has 1 aromatic heterocycles. The summed E-state index contributed by atoms with van der Waals surface area (Å²) in [7, 11) is 0. The van der Waals surface area contributed by atoms with Crippen LogP contribution in [0.1, 0.15) is 41.2 Å². The van der Waals surface area contributed by atoms with Gasteiger partial charge < -0.3 is 20.5 Å². The number of carbonyl (C=O) groups is 2. The van der Waals surface area contributed by atoms with Crippen LogP contribution in [0, 0.1) is 0 Å². The minimum Gasteiger partial charge on any atom is -0.477 e. The maximum absolute atomic E-state index is 12.4. The maximum atomic E-state index is 12.4. The molecule has 1 saturated carbocycles. The number of hydrogen-bond acceptors (Lipinski definition) is 4. The Balaban J connectivity index is 0.000000345. The van der Waals surface area contributed by atoms with Crippen LogP contribution in [0.3, 0.4) is 0 Å². The minimum atomic E-state index is -5.08. The van der Waals surface area contributed by atoms with Crippen molar-refractivity contribution in [3.05, 3.63) is 45.7 Å². The number of benzene rings is 1. The highest BCUT2D eigenvalue weighted by atomic mass is 19.4. The molecule has 1 aliphatic carbocycles. The Kier molecular flexibility index (Phi) is 6.45. The van der Waals surface area contributed by atoms with Crippen LogP contribution < -0.4 is 11.2 Å². The van der Waals surface area contributed by atoms with Crippen molar-refractivity contribution in [1.29, 1.82) is 0 Å². The van der Waals surface area contributed by atoms with Crippen LogP contribution in [-0.2, 0) is 11.2 Å². The lowest BCUT2D eigenvalue weighted by Crippen LogP contribution is -2.21. The fraction of sp³-hybridized carbons (Fsp3) is 0.389. The summed E-state index contributed by atoms with van der Waals surface area (Å²) >= 11 is 0. The summed E-state index contributed by atoms with van der Waals surface area (Å²) in [5.74, 6) is -3.92. The van der Waals surface area contributed by atoms with E-state index in [1.165, 1.54) is 6.20 Å². The van der Waals surface area contributed by atoms with Gasteiger partial charge in [-0.1, -0.05) is 6.07 Å². The standard InChI is InChI=1S/C16H18N2O3.C2HF3O2/c17-7-1-2-10-3-6-14-12(8-10)15(19)13(16(20)21)9-18(14)11-4-5-11;3-2(4,5)1(6)7/h3,6,8-9,11H,1-2,4-5,7,17H2,(H,20,21);(H,6,7). The van der Waals surface area contributed by atoms with Gasteiger partial charge in [-0.2, -0.15) is 13.2 Å². The highest BCUT2D eigenvalue weighted by molar-refractivity contribution is 5.92. The van der Waals surface area contributed by atoms with E-state index in [-0.39, 0.29) is 5.56 Å². The minimum absolute atomic E-state index is 0.148. The highest BCUT2D eigenvalue weighted by Crippen LogP contribution is 2.37. The number of aromatic nitrogens is 1. The number of carboxylic acid groups (broad SMARTS) is 2. The molecule has 10 heteroatoms. The topological polar surface area (TPSA) is 123 Å². The number of fused-ring (bicyclic) bond motifs is 1. The first kappa shape index (κ1) is 21.4. The number of aryl methyl sites for hydroxylation is 1. The summed E-state index contributed by atoms with van der Waals surface area (Å²) in [5, 5.41) is 16.9. The van der Waals surface area contributed by atoms with E-state index in [0.717, 1.165) is 36.8 Å². The van der Waals surface area contributed by atoms with Gasteiger partial charge in [0.1, 0.15) is 5.56 Å². The van der Waals surface area contributed by atoms with Crippen molar-refractivity contribution >= 4 is 22.8 Å². The third-order valence-electron chi connectivity index (χ3n) is 4.18. The second kappa shape index (κ2) is 8.42. The van der Waals surface area contributed by atoms with E-state index < -0.39 is 23.5 Å². The molecule has 0 unspecified atom stereocenters. The van der Waals surface area contributed by atoms with E-state index in [0.29, 0.717) is 18.0 Å². The van der Waals surface area contributed by atoms with Crippen LogP contribution in [0.25, 0.3) is 10.9 Å². The van der Waals surface area contributed by atoms with E-state index in [9.17, 15) is 27.9 Å². The van der Waals surface area contributed by atoms with Gasteiger partial charge in [0.15, 0.2) is 0 Å². The molecule has 1 fully saturated rings. The SMILES string of the molecule is NCCCc1ccc2c(c1)c(=O)c(C(=O)O)cn2C1CC1.O=C(O)C(F)(F)F. The predicted molar refractivity (Wildman–Crippen MR) is 94.5 cm³/mol. The fourth-order valence-corrected chi connectivity index (χ4v) is 2.67. The molecule has 1 aromatic carbocycles. The second-order valence-electron chi connectivity index (χ2n) is 6.36. The van der Waals surface area contributed by atoms with Crippen molar-refractivity contribution in [2.24, 2.45) is 5.73 Å². The van der Waals surface area contributed by atoms with Gasteiger partial charge in [-0.05, 0) is 49.9 Å². The zero-order chi connectivity index (χ0) is 21.1. The lowest BCUT2D eigenvalue weighted by Gasteiger charge is -2.12. The third-order valence-corrected chi connectivity index (χ3v) is 4.18. The molecule has 2 aromatic rings. The summed E-state index contributed by atoms with van der Waals surface area (Å²) in [4.78, 5) is 32.6. The first-order chi connectivity index (χ1) is 13.1. The molecule has 7 nitrogen and oxygen atoms in total. The van der Waals surface area contributed by atoms with Crippen molar-refractivity contribution in [1.82, 2.24) is 4.57 Å². The van der Waals surface area contributed by atoms with Gasteiger partial charge in [0.25, 0.3) is 0 Å². The quantitative estimate of drug-likeness (QED) is 0.709. The van der Waals surface area contributed by atoms with Crippen LogP contribution in [-0.4, -0.2) is 39.4 Å². The molecule has 3 rings (SSSR count). The lowest BCUT2D eigenvalue weighted by atomic mass is 10.0. The van der Waals surface area contributed by atoms with Gasteiger partial charge in [-0.25, -0.2) is 9.59 Å². The normalized spacial score (nSPS) is 13.7. The van der Waals surface area contributed by atoms with Crippen LogP contribution in [0.2, 0.25) is 0 Å². The fourth-order valence-electron chi connectivity index (χ4n) is 2.67. The van der Waals surface area contributed by atoms with Gasteiger partial charge in [0.2, 0.25) is 5.43 Å². The number of hydrogen-bond donors (Lipinski definition) is 3. The first-order valence-electron chi connectivity index (χ1n) is 8.47. The smallest absolute Gasteiger partial charge is 0.477 e. The number of alkyl halides is 3. The van der Waals surface area contributed by atoms with E-state index in [4.69, 9.17) is 15.6 Å². The Labute approximate surface area is 157 Å². The summed E-state index contributed by atoms with van der Waals surface area (Å²) in [5.41, 5.74) is 6.81. The van der Waals surface area contributed by atoms with E-state index in [1.807, 2.05) is 22.8 Å². The number of carboxylic acids is 2. The van der Waals surface area contributed by atoms with Crippen LogP contribution in [0.5, 0.6) is 0 Å². The van der Waals surface area contributed by atoms with Crippen molar-refractivity contribution < 1.29 is 33.0 Å². The summed E-state index contributed by atoms with van der Waals surface area (Å²) in [6, 6.07) is 6.06. The Morgan fingerprint density at radius 1 is 1.21 bits per heavy atom. The summed E-state index contributed by atoms with van der Waals surface area (Å²) in [6.45, 7) is 0.597. The molecule has 0 spiro atoms. The summed E-state index contributed by atoms with van der Waals surface area (Å²) < 4.78 is 33.7. The largest absolute Gasteiger partial charge is 0.490 e. The molecular weight excluding hydrogens is 381 g/mol. The Morgan fingerprint density at radius 3 is 2.29 bits per heavy atom. The number of rotatable bonds is 5. The van der Waals surface area contributed by atoms with Gasteiger partial charge in [0, 0.05) is 17.6 Å². The van der Waals surface area contributed by atoms with Crippen LogP contribution in [0.15, 0.2) is 29.2 Å². The van der Waals surface area contributed by atoms with Crippen molar-refractivity contribution in [3.63, 3.8) is 0 Å². The lowest BCUT2D eigenvalue weighted by molar-refractivity contribution is -0.192. The predicted octanol–water partition coefficient (Wildman–Crippen LogP) is 2.56. The third kappa shape index (κ3) is 5.10. The Hall–Kier alpha value is -2.88. The molecule has 0 aliphatic heterocycles. The van der Waals surface area contributed by atoms with Gasteiger partial charge >= 0.3 is 18.1 Å². The Morgan fingerprint density at radius 2 is 1.82 bits per heavy atom. The highest BCUT2D eigenvalue weighted by Gasteiger charge is 2.38. The number of halogens is 3. The van der Waals surface area contributed by atoms with Gasteiger partial charge in [0.05, 0.1) is 5.52 Å². The molecule has 0 bridgehead atoms. The monoisotopic (exact) mass is 400 g/mol. The molecule has 0 radical (unpaired) electrons. The summed E-state index contributed by atoms with van der Waals surface area (Å²) in [6.07, 6.45) is 0.121. The molecule has 0 atom stereocenters. The molecule has 1 aliphatic rings. The van der Waals surface area contributed by atoms with Crippen LogP contribution >= 0.6 is 0 Å². The molecule has 152 valence electrons.